The maximum Gasteiger partial charge on any atom is 0.128 e. The Balaban J connectivity index is 2.17. The van der Waals surface area contributed by atoms with Crippen LogP contribution in [0.25, 0.3) is 0 Å². The van der Waals surface area contributed by atoms with Gasteiger partial charge in [-0.3, -0.25) is 0 Å². The predicted molar refractivity (Wildman–Crippen MR) is 80.9 cm³/mol. The summed E-state index contributed by atoms with van der Waals surface area (Å²) in [6.07, 6.45) is 1.65. The number of hydrogen-bond donors (Lipinski definition) is 2. The third-order valence-electron chi connectivity index (χ3n) is 3.96. The van der Waals surface area contributed by atoms with Crippen molar-refractivity contribution in [3.8, 4) is 0 Å². The highest BCUT2D eigenvalue weighted by atomic mass is 16.3. The fourth-order valence-electron chi connectivity index (χ4n) is 2.57. The Labute approximate surface area is 121 Å². The molecule has 112 valence electrons. The van der Waals surface area contributed by atoms with Gasteiger partial charge in [-0.25, -0.2) is 4.98 Å². The van der Waals surface area contributed by atoms with Crippen LogP contribution in [0.15, 0.2) is 12.1 Å². The zero-order valence-electron chi connectivity index (χ0n) is 12.9. The summed E-state index contributed by atoms with van der Waals surface area (Å²) >= 11 is 0. The van der Waals surface area contributed by atoms with Crippen molar-refractivity contribution >= 4 is 5.82 Å². The molecule has 0 atom stereocenters. The second-order valence-electron chi connectivity index (χ2n) is 7.00. The third kappa shape index (κ3) is 3.49. The van der Waals surface area contributed by atoms with E-state index in [2.05, 4.69) is 25.7 Å². The molecule has 0 aromatic carbocycles. The van der Waals surface area contributed by atoms with Crippen LogP contribution >= 0.6 is 0 Å². The molecule has 1 aliphatic rings. The molecule has 1 fully saturated rings. The zero-order chi connectivity index (χ0) is 14.9. The lowest BCUT2D eigenvalue weighted by atomic mass is 9.82. The molecule has 0 aliphatic heterocycles. The zero-order valence-corrected chi connectivity index (χ0v) is 12.9. The smallest absolute Gasteiger partial charge is 0.128 e. The van der Waals surface area contributed by atoms with Gasteiger partial charge in [-0.05, 0) is 36.5 Å². The summed E-state index contributed by atoms with van der Waals surface area (Å²) in [4.78, 5) is 6.87. The van der Waals surface area contributed by atoms with E-state index < -0.39 is 0 Å². The van der Waals surface area contributed by atoms with Gasteiger partial charge in [0, 0.05) is 24.7 Å². The average molecular weight is 278 g/mol. The van der Waals surface area contributed by atoms with Crippen LogP contribution in [0.5, 0.6) is 0 Å². The summed E-state index contributed by atoms with van der Waals surface area (Å²) in [5, 5.41) is 18.8. The van der Waals surface area contributed by atoms with Gasteiger partial charge in [-0.15, -0.1) is 0 Å². The van der Waals surface area contributed by atoms with E-state index in [0.717, 1.165) is 36.5 Å². The van der Waals surface area contributed by atoms with Crippen molar-refractivity contribution in [1.82, 2.24) is 4.98 Å². The molecule has 0 unspecified atom stereocenters. The van der Waals surface area contributed by atoms with E-state index in [1.54, 1.807) is 0 Å². The fourth-order valence-corrected chi connectivity index (χ4v) is 2.57. The first kappa shape index (κ1) is 15.3. The third-order valence-corrected chi connectivity index (χ3v) is 3.96. The van der Waals surface area contributed by atoms with Crippen molar-refractivity contribution in [2.75, 3.05) is 18.5 Å². The first-order valence-electron chi connectivity index (χ1n) is 7.31. The quantitative estimate of drug-likeness (QED) is 0.885. The first-order chi connectivity index (χ1) is 9.29. The molecule has 20 heavy (non-hydrogen) atoms. The molecule has 1 aliphatic carbocycles. The molecule has 2 rings (SSSR count). The minimum absolute atomic E-state index is 0.0343. The number of nitrogens with zero attached hydrogens (tertiary/aromatic N) is 2. The first-order valence-corrected chi connectivity index (χ1v) is 7.31. The molecule has 1 saturated carbocycles. The summed E-state index contributed by atoms with van der Waals surface area (Å²) in [5.74, 6) is 1.45. The molecular weight excluding hydrogens is 252 g/mol. The van der Waals surface area contributed by atoms with Gasteiger partial charge in [0.15, 0.2) is 0 Å². The monoisotopic (exact) mass is 278 g/mol. The highest BCUT2D eigenvalue weighted by Crippen LogP contribution is 2.30. The second kappa shape index (κ2) is 5.70. The predicted octanol–water partition coefficient (Wildman–Crippen LogP) is 2.08. The molecular formula is C16H26N2O2. The normalized spacial score (nSPS) is 22.5. The Morgan fingerprint density at radius 2 is 1.95 bits per heavy atom. The van der Waals surface area contributed by atoms with Crippen LogP contribution in [-0.2, 0) is 12.0 Å². The lowest BCUT2D eigenvalue weighted by Gasteiger charge is -2.35. The molecule has 2 N–H and O–H groups in total. The van der Waals surface area contributed by atoms with Gasteiger partial charge < -0.3 is 15.1 Å². The number of anilines is 1. The molecule has 4 nitrogen and oxygen atoms in total. The molecule has 0 bridgehead atoms. The Hall–Kier alpha value is -1.13. The maximum absolute atomic E-state index is 9.43. The number of aromatic nitrogens is 1. The molecule has 1 aromatic heterocycles. The second-order valence-corrected chi connectivity index (χ2v) is 7.00. The summed E-state index contributed by atoms with van der Waals surface area (Å²) < 4.78 is 0. The van der Waals surface area contributed by atoms with Crippen LogP contribution in [0, 0.1) is 5.92 Å². The standard InChI is InChI=1S/C16H26N2O2/c1-16(2,3)14-7-12(10-19)8-15(17-14)18(4)9-11-5-13(20)6-11/h7-8,11,13,19-20H,5-6,9-10H2,1-4H3. The van der Waals surface area contributed by atoms with Gasteiger partial charge in [-0.1, -0.05) is 20.8 Å². The number of aliphatic hydroxyl groups excluding tert-OH is 2. The minimum atomic E-state index is -0.115. The van der Waals surface area contributed by atoms with E-state index in [1.807, 2.05) is 19.2 Å². The van der Waals surface area contributed by atoms with Gasteiger partial charge in [0.05, 0.1) is 12.7 Å². The van der Waals surface area contributed by atoms with Crippen LogP contribution in [0.2, 0.25) is 0 Å². The average Bonchev–Trinajstić information content (AvgIpc) is 2.35. The molecule has 0 saturated heterocycles. The van der Waals surface area contributed by atoms with Crippen molar-refractivity contribution in [2.45, 2.75) is 51.7 Å². The van der Waals surface area contributed by atoms with Crippen molar-refractivity contribution in [3.63, 3.8) is 0 Å². The maximum atomic E-state index is 9.43. The van der Waals surface area contributed by atoms with Crippen LogP contribution in [0.4, 0.5) is 5.82 Å². The van der Waals surface area contributed by atoms with E-state index in [0.29, 0.717) is 5.92 Å². The van der Waals surface area contributed by atoms with E-state index in [-0.39, 0.29) is 18.1 Å². The van der Waals surface area contributed by atoms with E-state index in [1.165, 1.54) is 0 Å². The summed E-state index contributed by atoms with van der Waals surface area (Å²) in [6, 6.07) is 3.93. The topological polar surface area (TPSA) is 56.6 Å². The van der Waals surface area contributed by atoms with Gasteiger partial charge in [0.2, 0.25) is 0 Å². The van der Waals surface area contributed by atoms with Gasteiger partial charge in [0.1, 0.15) is 5.82 Å². The molecule has 4 heteroatoms. The number of rotatable bonds is 4. The lowest BCUT2D eigenvalue weighted by Crippen LogP contribution is -2.37. The Morgan fingerprint density at radius 3 is 2.45 bits per heavy atom. The Morgan fingerprint density at radius 1 is 1.30 bits per heavy atom. The van der Waals surface area contributed by atoms with Crippen molar-refractivity contribution in [3.05, 3.63) is 23.4 Å². The van der Waals surface area contributed by atoms with Crippen molar-refractivity contribution in [2.24, 2.45) is 5.92 Å². The van der Waals surface area contributed by atoms with Crippen LogP contribution < -0.4 is 4.90 Å². The Bertz CT molecular complexity index is 462. The van der Waals surface area contributed by atoms with E-state index in [9.17, 15) is 10.2 Å². The number of hydrogen-bond acceptors (Lipinski definition) is 4. The van der Waals surface area contributed by atoms with Crippen LogP contribution in [-0.4, -0.2) is 34.9 Å². The SMILES string of the molecule is CN(CC1CC(O)C1)c1cc(CO)cc(C(C)(C)C)n1. The van der Waals surface area contributed by atoms with Crippen LogP contribution in [0.3, 0.4) is 0 Å². The Kier molecular flexibility index (Phi) is 4.35. The summed E-state index contributed by atoms with van der Waals surface area (Å²) in [7, 11) is 2.03. The van der Waals surface area contributed by atoms with Gasteiger partial charge in [0.25, 0.3) is 0 Å². The molecule has 1 heterocycles. The summed E-state index contributed by atoms with van der Waals surface area (Å²) in [6.45, 7) is 7.32. The molecule has 0 radical (unpaired) electrons. The van der Waals surface area contributed by atoms with Gasteiger partial charge >= 0.3 is 0 Å². The largest absolute Gasteiger partial charge is 0.393 e. The van der Waals surface area contributed by atoms with Crippen LogP contribution in [0.1, 0.15) is 44.9 Å². The highest BCUT2D eigenvalue weighted by Gasteiger charge is 2.28. The number of aliphatic hydroxyl groups is 2. The molecule has 1 aromatic rings. The summed E-state index contributed by atoms with van der Waals surface area (Å²) in [5.41, 5.74) is 1.87. The van der Waals surface area contributed by atoms with Gasteiger partial charge in [-0.2, -0.15) is 0 Å². The fraction of sp³-hybridized carbons (Fsp3) is 0.688. The molecule has 0 amide bonds. The van der Waals surface area contributed by atoms with E-state index in [4.69, 9.17) is 4.98 Å². The van der Waals surface area contributed by atoms with E-state index >= 15 is 0 Å². The highest BCUT2D eigenvalue weighted by molar-refractivity contribution is 5.43. The molecule has 0 spiro atoms. The van der Waals surface area contributed by atoms with Crippen molar-refractivity contribution < 1.29 is 10.2 Å². The van der Waals surface area contributed by atoms with Crippen molar-refractivity contribution in [1.29, 1.82) is 0 Å². The lowest BCUT2D eigenvalue weighted by molar-refractivity contribution is 0.0464. The number of pyridine rings is 1. The minimum Gasteiger partial charge on any atom is -0.393 e.